The molecule has 1 fully saturated rings. The molecule has 0 N–H and O–H groups in total. The lowest BCUT2D eigenvalue weighted by molar-refractivity contribution is 0.292. The molecule has 0 heterocycles. The van der Waals surface area contributed by atoms with Crippen LogP contribution in [0.2, 0.25) is 0 Å². The van der Waals surface area contributed by atoms with Crippen molar-refractivity contribution in [1.29, 1.82) is 0 Å². The normalized spacial score (nSPS) is 43.3. The van der Waals surface area contributed by atoms with Crippen molar-refractivity contribution in [3.05, 3.63) is 0 Å². The SMILES string of the molecule is C[C@]1(Br)CC[C@H]([C@](C)(Br)CBr)C[C@@H]1Br. The van der Waals surface area contributed by atoms with Gasteiger partial charge in [-0.2, -0.15) is 0 Å². The summed E-state index contributed by atoms with van der Waals surface area (Å²) in [6.45, 7) is 4.56. The van der Waals surface area contributed by atoms with E-state index >= 15 is 0 Å². The highest BCUT2D eigenvalue weighted by Crippen LogP contribution is 2.47. The summed E-state index contributed by atoms with van der Waals surface area (Å²) in [5.41, 5.74) is 0. The third-order valence-electron chi connectivity index (χ3n) is 3.24. The van der Waals surface area contributed by atoms with E-state index in [1.807, 2.05) is 0 Å². The van der Waals surface area contributed by atoms with Gasteiger partial charge in [0.25, 0.3) is 0 Å². The highest BCUT2D eigenvalue weighted by atomic mass is 79.9. The summed E-state index contributed by atoms with van der Waals surface area (Å²) in [6.07, 6.45) is 3.76. The Morgan fingerprint density at radius 1 is 1.50 bits per heavy atom. The van der Waals surface area contributed by atoms with Crippen molar-refractivity contribution in [3.63, 3.8) is 0 Å². The second-order valence-electron chi connectivity index (χ2n) is 4.63. The number of rotatable bonds is 2. The van der Waals surface area contributed by atoms with E-state index < -0.39 is 0 Å². The van der Waals surface area contributed by atoms with Crippen LogP contribution in [0.25, 0.3) is 0 Å². The zero-order valence-electron chi connectivity index (χ0n) is 8.49. The highest BCUT2D eigenvalue weighted by molar-refractivity contribution is 9.13. The number of alkyl halides is 4. The Bertz CT molecular complexity index is 200. The molecular formula is C10H16Br4. The average Bonchev–Trinajstić information content (AvgIpc) is 2.09. The van der Waals surface area contributed by atoms with E-state index in [1.54, 1.807) is 0 Å². The lowest BCUT2D eigenvalue weighted by Gasteiger charge is -2.42. The zero-order valence-corrected chi connectivity index (χ0v) is 14.8. The molecule has 0 saturated heterocycles. The molecule has 0 amide bonds. The Morgan fingerprint density at radius 2 is 2.07 bits per heavy atom. The van der Waals surface area contributed by atoms with Gasteiger partial charge in [0.2, 0.25) is 0 Å². The molecule has 14 heavy (non-hydrogen) atoms. The summed E-state index contributed by atoms with van der Waals surface area (Å²) >= 11 is 15.0. The zero-order chi connectivity index (χ0) is 11.0. The van der Waals surface area contributed by atoms with Crippen molar-refractivity contribution >= 4 is 63.7 Å². The minimum atomic E-state index is 0.239. The molecule has 4 heteroatoms. The third kappa shape index (κ3) is 3.21. The quantitative estimate of drug-likeness (QED) is 0.499. The van der Waals surface area contributed by atoms with Crippen molar-refractivity contribution < 1.29 is 0 Å². The molecule has 0 aromatic carbocycles. The molecule has 84 valence electrons. The number of hydrogen-bond donors (Lipinski definition) is 0. The van der Waals surface area contributed by atoms with Crippen LogP contribution in [0.5, 0.6) is 0 Å². The Labute approximate surface area is 120 Å². The van der Waals surface area contributed by atoms with Crippen molar-refractivity contribution in [1.82, 2.24) is 0 Å². The molecule has 1 aliphatic rings. The average molecular weight is 456 g/mol. The Kier molecular flexibility index (Phi) is 5.05. The molecule has 0 nitrogen and oxygen atoms in total. The largest absolute Gasteiger partial charge is 0.0913 e. The van der Waals surface area contributed by atoms with Crippen molar-refractivity contribution in [3.8, 4) is 0 Å². The first-order valence-corrected chi connectivity index (χ1v) is 8.50. The summed E-state index contributed by atoms with van der Waals surface area (Å²) < 4.78 is 0.515. The summed E-state index contributed by atoms with van der Waals surface area (Å²) in [4.78, 5) is 0.574. The third-order valence-corrected chi connectivity index (χ3v) is 9.03. The molecule has 1 rings (SSSR count). The molecule has 0 bridgehead atoms. The maximum absolute atomic E-state index is 3.82. The summed E-state index contributed by atoms with van der Waals surface area (Å²) in [5.74, 6) is 0.747. The lowest BCUT2D eigenvalue weighted by Crippen LogP contribution is -2.42. The molecule has 4 atom stereocenters. The lowest BCUT2D eigenvalue weighted by atomic mass is 9.77. The molecule has 0 radical (unpaired) electrons. The van der Waals surface area contributed by atoms with E-state index in [2.05, 4.69) is 77.6 Å². The van der Waals surface area contributed by atoms with Crippen LogP contribution in [0.4, 0.5) is 0 Å². The van der Waals surface area contributed by atoms with Crippen LogP contribution >= 0.6 is 63.7 Å². The van der Waals surface area contributed by atoms with Crippen LogP contribution in [0.3, 0.4) is 0 Å². The van der Waals surface area contributed by atoms with Crippen molar-refractivity contribution in [2.75, 3.05) is 5.33 Å². The maximum atomic E-state index is 3.82. The molecule has 0 spiro atoms. The van der Waals surface area contributed by atoms with Gasteiger partial charge in [-0.15, -0.1) is 0 Å². The van der Waals surface area contributed by atoms with Crippen molar-refractivity contribution in [2.24, 2.45) is 5.92 Å². The van der Waals surface area contributed by atoms with Gasteiger partial charge in [0.15, 0.2) is 0 Å². The fourth-order valence-electron chi connectivity index (χ4n) is 1.88. The van der Waals surface area contributed by atoms with E-state index in [4.69, 9.17) is 0 Å². The predicted octanol–water partition coefficient (Wildman–Crippen LogP) is 5.25. The van der Waals surface area contributed by atoms with Crippen LogP contribution in [-0.2, 0) is 0 Å². The van der Waals surface area contributed by atoms with E-state index in [0.717, 1.165) is 11.2 Å². The standard InChI is InChI=1S/C10H16Br4/c1-9(13)4-3-7(5-8(9)12)10(2,14)6-11/h7-8H,3-6H2,1-2H3/t7-,8-,9-,10+/m0/s1. The molecule has 0 aromatic heterocycles. The maximum Gasteiger partial charge on any atom is 0.0355 e. The molecule has 0 aromatic rings. The van der Waals surface area contributed by atoms with Gasteiger partial charge in [-0.3, -0.25) is 0 Å². The van der Waals surface area contributed by atoms with Crippen LogP contribution in [0, 0.1) is 5.92 Å². The molecule has 0 unspecified atom stereocenters. The molecular weight excluding hydrogens is 440 g/mol. The van der Waals surface area contributed by atoms with Gasteiger partial charge in [-0.05, 0) is 39.0 Å². The Hall–Kier alpha value is 1.92. The topological polar surface area (TPSA) is 0 Å². The first-order chi connectivity index (χ1) is 6.29. The highest BCUT2D eigenvalue weighted by Gasteiger charge is 2.42. The van der Waals surface area contributed by atoms with Crippen LogP contribution in [-0.4, -0.2) is 18.8 Å². The van der Waals surface area contributed by atoms with Gasteiger partial charge in [-0.25, -0.2) is 0 Å². The number of hydrogen-bond acceptors (Lipinski definition) is 0. The second kappa shape index (κ2) is 5.05. The summed E-state index contributed by atoms with van der Waals surface area (Å²) in [5, 5.41) is 1.02. The van der Waals surface area contributed by atoms with E-state index in [-0.39, 0.29) is 8.65 Å². The smallest absolute Gasteiger partial charge is 0.0355 e. The fourth-order valence-corrected chi connectivity index (χ4v) is 3.85. The summed E-state index contributed by atoms with van der Waals surface area (Å²) in [6, 6.07) is 0. The fraction of sp³-hybridized carbons (Fsp3) is 1.00. The monoisotopic (exact) mass is 452 g/mol. The molecule has 1 saturated carbocycles. The van der Waals surface area contributed by atoms with E-state index in [0.29, 0.717) is 4.83 Å². The van der Waals surface area contributed by atoms with E-state index in [9.17, 15) is 0 Å². The van der Waals surface area contributed by atoms with Crippen molar-refractivity contribution in [2.45, 2.75) is 46.6 Å². The first-order valence-electron chi connectivity index (χ1n) is 4.87. The van der Waals surface area contributed by atoms with Crippen LogP contribution < -0.4 is 0 Å². The van der Waals surface area contributed by atoms with Gasteiger partial charge in [-0.1, -0.05) is 63.7 Å². The Morgan fingerprint density at radius 3 is 2.50 bits per heavy atom. The van der Waals surface area contributed by atoms with Gasteiger partial charge in [0, 0.05) is 18.8 Å². The minimum Gasteiger partial charge on any atom is -0.0913 e. The van der Waals surface area contributed by atoms with Gasteiger partial charge in [0.05, 0.1) is 0 Å². The summed E-state index contributed by atoms with van der Waals surface area (Å²) in [7, 11) is 0. The van der Waals surface area contributed by atoms with Gasteiger partial charge in [0.1, 0.15) is 0 Å². The van der Waals surface area contributed by atoms with Crippen LogP contribution in [0.15, 0.2) is 0 Å². The minimum absolute atomic E-state index is 0.239. The number of halogens is 4. The van der Waals surface area contributed by atoms with Crippen LogP contribution in [0.1, 0.15) is 33.1 Å². The molecule has 0 aliphatic heterocycles. The predicted molar refractivity (Wildman–Crippen MR) is 78.5 cm³/mol. The molecule has 1 aliphatic carbocycles. The first kappa shape index (κ1) is 14.0. The van der Waals surface area contributed by atoms with Gasteiger partial charge >= 0.3 is 0 Å². The van der Waals surface area contributed by atoms with Gasteiger partial charge < -0.3 is 0 Å². The van der Waals surface area contributed by atoms with E-state index in [1.165, 1.54) is 19.3 Å². The second-order valence-corrected chi connectivity index (χ2v) is 9.92. The Balaban J connectivity index is 2.63.